The minimum Gasteiger partial charge on any atom is -0.391 e. The maximum absolute atomic E-state index is 12.2. The van der Waals surface area contributed by atoms with Crippen LogP contribution in [0.15, 0.2) is 12.7 Å². The van der Waals surface area contributed by atoms with E-state index in [0.717, 1.165) is 0 Å². The molecule has 0 radical (unpaired) electrons. The van der Waals surface area contributed by atoms with Gasteiger partial charge in [-0.3, -0.25) is 4.79 Å². The number of fused-ring (bicyclic) bond motifs is 1. The fourth-order valence-corrected chi connectivity index (χ4v) is 3.69. The zero-order chi connectivity index (χ0) is 16.6. The smallest absolute Gasteiger partial charge is 0.389 e. The van der Waals surface area contributed by atoms with Crippen LogP contribution in [0.1, 0.15) is 31.7 Å². The Bertz CT molecular complexity index is 549. The molecule has 0 unspecified atom stereocenters. The fraction of sp³-hybridized carbons (Fsp3) is 0.786. The predicted octanol–water partition coefficient (Wildman–Crippen LogP) is 1.39. The van der Waals surface area contributed by atoms with Crippen molar-refractivity contribution in [1.82, 2.24) is 19.7 Å². The second kappa shape index (κ2) is 6.10. The number of halogens is 3. The second-order valence-corrected chi connectivity index (χ2v) is 6.42. The molecule has 1 N–H and O–H groups in total. The van der Waals surface area contributed by atoms with E-state index in [-0.39, 0.29) is 17.9 Å². The zero-order valence-corrected chi connectivity index (χ0v) is 12.5. The van der Waals surface area contributed by atoms with Crippen molar-refractivity contribution >= 4 is 5.91 Å². The first-order valence-electron chi connectivity index (χ1n) is 7.70. The van der Waals surface area contributed by atoms with Crippen molar-refractivity contribution in [3.8, 4) is 0 Å². The van der Waals surface area contributed by atoms with Crippen molar-refractivity contribution in [2.24, 2.45) is 11.8 Å². The third-order valence-corrected chi connectivity index (χ3v) is 4.86. The van der Waals surface area contributed by atoms with Gasteiger partial charge in [0.05, 0.1) is 18.6 Å². The molecule has 2 heterocycles. The summed E-state index contributed by atoms with van der Waals surface area (Å²) in [5.41, 5.74) is 0. The summed E-state index contributed by atoms with van der Waals surface area (Å²) >= 11 is 0. The monoisotopic (exact) mass is 332 g/mol. The third kappa shape index (κ3) is 3.65. The van der Waals surface area contributed by atoms with E-state index in [1.54, 1.807) is 11.0 Å². The lowest BCUT2D eigenvalue weighted by Gasteiger charge is -2.34. The highest BCUT2D eigenvalue weighted by Crippen LogP contribution is 2.41. The third-order valence-electron chi connectivity index (χ3n) is 4.86. The van der Waals surface area contributed by atoms with Crippen LogP contribution < -0.4 is 0 Å². The summed E-state index contributed by atoms with van der Waals surface area (Å²) in [5, 5.41) is 14.3. The summed E-state index contributed by atoms with van der Waals surface area (Å²) in [6.45, 7) is 0.891. The van der Waals surface area contributed by atoms with Gasteiger partial charge in [-0.1, -0.05) is 0 Å². The molecule has 1 saturated heterocycles. The Labute approximate surface area is 131 Å². The predicted molar refractivity (Wildman–Crippen MR) is 73.1 cm³/mol. The molecule has 1 aliphatic carbocycles. The molecule has 128 valence electrons. The van der Waals surface area contributed by atoms with E-state index < -0.39 is 31.0 Å². The normalized spacial score (nSPS) is 31.2. The molecule has 2 fully saturated rings. The summed E-state index contributed by atoms with van der Waals surface area (Å²) in [6.07, 6.45) is -2.34. The lowest BCUT2D eigenvalue weighted by Crippen LogP contribution is -2.36. The van der Waals surface area contributed by atoms with Crippen LogP contribution in [0.2, 0.25) is 0 Å². The van der Waals surface area contributed by atoms with Crippen molar-refractivity contribution in [2.75, 3.05) is 13.1 Å². The number of aromatic nitrogens is 3. The maximum Gasteiger partial charge on any atom is 0.389 e. The summed E-state index contributed by atoms with van der Waals surface area (Å²) < 4.78 is 38.3. The van der Waals surface area contributed by atoms with Crippen LogP contribution in [-0.4, -0.2) is 56.0 Å². The van der Waals surface area contributed by atoms with Crippen LogP contribution in [0.25, 0.3) is 0 Å². The number of aliphatic hydroxyl groups excluding tert-OH is 1. The molecule has 3 rings (SSSR count). The Kier molecular flexibility index (Phi) is 4.31. The Morgan fingerprint density at radius 3 is 2.57 bits per heavy atom. The standard InChI is InChI=1S/C14H19F3N4O2/c15-14(16,17)2-1-13(23)20-5-9-3-11(21-8-18-7-19-21)12(22)4-10(9)6-20/h7-12,22H,1-6H2/t9-,10+,11-,12-/m1/s1. The maximum atomic E-state index is 12.2. The largest absolute Gasteiger partial charge is 0.391 e. The number of hydrogen-bond donors (Lipinski definition) is 1. The summed E-state index contributed by atoms with van der Waals surface area (Å²) in [4.78, 5) is 17.4. The topological polar surface area (TPSA) is 71.2 Å². The Balaban J connectivity index is 1.59. The molecule has 1 aliphatic heterocycles. The van der Waals surface area contributed by atoms with Gasteiger partial charge in [-0.25, -0.2) is 9.67 Å². The van der Waals surface area contributed by atoms with E-state index >= 15 is 0 Å². The van der Waals surface area contributed by atoms with Crippen molar-refractivity contribution < 1.29 is 23.1 Å². The van der Waals surface area contributed by atoms with Gasteiger partial charge < -0.3 is 10.0 Å². The summed E-state index contributed by atoms with van der Waals surface area (Å²) in [5.74, 6) is -0.134. The van der Waals surface area contributed by atoms with Crippen molar-refractivity contribution in [3.63, 3.8) is 0 Å². The average molecular weight is 332 g/mol. The summed E-state index contributed by atoms with van der Waals surface area (Å²) in [6, 6.07) is -0.191. The van der Waals surface area contributed by atoms with E-state index in [1.807, 2.05) is 0 Å². The highest BCUT2D eigenvalue weighted by atomic mass is 19.4. The van der Waals surface area contributed by atoms with Crippen LogP contribution in [0.5, 0.6) is 0 Å². The first-order valence-corrected chi connectivity index (χ1v) is 7.70. The molecule has 1 amide bonds. The number of likely N-dealkylation sites (tertiary alicyclic amines) is 1. The van der Waals surface area contributed by atoms with Crippen molar-refractivity contribution in [2.45, 2.75) is 44.0 Å². The number of aliphatic hydroxyl groups is 1. The van der Waals surface area contributed by atoms with Gasteiger partial charge in [0.2, 0.25) is 5.91 Å². The number of rotatable bonds is 3. The van der Waals surface area contributed by atoms with Gasteiger partial charge in [0.25, 0.3) is 0 Å². The average Bonchev–Trinajstić information content (AvgIpc) is 3.11. The number of amides is 1. The molecule has 1 saturated carbocycles. The van der Waals surface area contributed by atoms with Gasteiger partial charge >= 0.3 is 6.18 Å². The van der Waals surface area contributed by atoms with Crippen LogP contribution in [0.3, 0.4) is 0 Å². The molecule has 23 heavy (non-hydrogen) atoms. The molecule has 9 heteroatoms. The quantitative estimate of drug-likeness (QED) is 0.908. The van der Waals surface area contributed by atoms with E-state index in [2.05, 4.69) is 10.1 Å². The SMILES string of the molecule is O=C(CCC(F)(F)F)N1C[C@H]2C[C@@H](n3cncn3)[C@H](O)C[C@H]2C1. The molecule has 6 nitrogen and oxygen atoms in total. The number of hydrogen-bond acceptors (Lipinski definition) is 4. The van der Waals surface area contributed by atoms with Gasteiger partial charge in [-0.05, 0) is 24.7 Å². The lowest BCUT2D eigenvalue weighted by atomic mass is 9.77. The van der Waals surface area contributed by atoms with Crippen LogP contribution in [0, 0.1) is 11.8 Å². The van der Waals surface area contributed by atoms with Gasteiger partial charge in [0.1, 0.15) is 12.7 Å². The van der Waals surface area contributed by atoms with Crippen LogP contribution in [0.4, 0.5) is 13.2 Å². The Hall–Kier alpha value is -1.64. The van der Waals surface area contributed by atoms with Gasteiger partial charge in [-0.2, -0.15) is 18.3 Å². The number of carbonyl (C=O) groups is 1. The second-order valence-electron chi connectivity index (χ2n) is 6.42. The number of alkyl halides is 3. The van der Waals surface area contributed by atoms with Gasteiger partial charge in [0.15, 0.2) is 0 Å². The molecule has 0 bridgehead atoms. The highest BCUT2D eigenvalue weighted by molar-refractivity contribution is 5.76. The zero-order valence-electron chi connectivity index (χ0n) is 12.5. The molecule has 1 aromatic rings. The minimum atomic E-state index is -4.31. The molecule has 4 atom stereocenters. The first-order chi connectivity index (χ1) is 10.8. The molecule has 0 aromatic carbocycles. The van der Waals surface area contributed by atoms with Crippen LogP contribution in [-0.2, 0) is 4.79 Å². The van der Waals surface area contributed by atoms with Gasteiger partial charge in [-0.15, -0.1) is 0 Å². The molecule has 1 aromatic heterocycles. The molecular formula is C14H19F3N4O2. The number of nitrogens with zero attached hydrogens (tertiary/aromatic N) is 4. The van der Waals surface area contributed by atoms with Crippen LogP contribution >= 0.6 is 0 Å². The number of carbonyl (C=O) groups excluding carboxylic acids is 1. The fourth-order valence-electron chi connectivity index (χ4n) is 3.69. The minimum absolute atomic E-state index is 0.139. The van der Waals surface area contributed by atoms with E-state index in [1.165, 1.54) is 11.2 Å². The first kappa shape index (κ1) is 16.2. The van der Waals surface area contributed by atoms with E-state index in [0.29, 0.717) is 25.9 Å². The molecular weight excluding hydrogens is 313 g/mol. The van der Waals surface area contributed by atoms with Gasteiger partial charge in [0, 0.05) is 19.5 Å². The van der Waals surface area contributed by atoms with E-state index in [4.69, 9.17) is 0 Å². The Morgan fingerprint density at radius 1 is 1.26 bits per heavy atom. The van der Waals surface area contributed by atoms with Crippen molar-refractivity contribution in [3.05, 3.63) is 12.7 Å². The lowest BCUT2D eigenvalue weighted by molar-refractivity contribution is -0.148. The van der Waals surface area contributed by atoms with Crippen molar-refractivity contribution in [1.29, 1.82) is 0 Å². The molecule has 0 spiro atoms. The summed E-state index contributed by atoms with van der Waals surface area (Å²) in [7, 11) is 0. The Morgan fingerprint density at radius 2 is 1.96 bits per heavy atom. The highest BCUT2D eigenvalue weighted by Gasteiger charge is 2.44. The molecule has 2 aliphatic rings. The van der Waals surface area contributed by atoms with E-state index in [9.17, 15) is 23.1 Å².